The van der Waals surface area contributed by atoms with Crippen molar-refractivity contribution in [3.8, 4) is 10.6 Å². The van der Waals surface area contributed by atoms with E-state index in [-0.39, 0.29) is 5.41 Å². The smallest absolute Gasteiger partial charge is 0.337 e. The summed E-state index contributed by atoms with van der Waals surface area (Å²) in [6.45, 7) is 4.93. The second-order valence-electron chi connectivity index (χ2n) is 7.28. The number of aryl methyl sites for hydroxylation is 1. The van der Waals surface area contributed by atoms with Gasteiger partial charge < -0.3 is 5.11 Å². The summed E-state index contributed by atoms with van der Waals surface area (Å²) in [5.74, 6) is 4.84. The number of nitrogens with two attached hydrogens (primary N) is 1. The van der Waals surface area contributed by atoms with Crippen LogP contribution in [0.2, 0.25) is 0 Å². The SMILES string of the molecule is CN(N)Cc1cccc(-c2sc3c(c2C(=O)O)CC(C)(C)CC3)n1. The van der Waals surface area contributed by atoms with E-state index in [1.54, 1.807) is 23.4 Å². The van der Waals surface area contributed by atoms with E-state index in [1.807, 2.05) is 18.2 Å². The number of carboxylic acids is 1. The highest BCUT2D eigenvalue weighted by atomic mass is 32.1. The molecule has 6 heteroatoms. The molecule has 0 bridgehead atoms. The van der Waals surface area contributed by atoms with Crippen molar-refractivity contribution in [1.82, 2.24) is 9.99 Å². The molecule has 2 aromatic heterocycles. The number of carboxylic acid groups (broad SMARTS) is 1. The largest absolute Gasteiger partial charge is 0.478 e. The minimum atomic E-state index is -0.858. The number of hydrazine groups is 1. The Morgan fingerprint density at radius 1 is 1.46 bits per heavy atom. The van der Waals surface area contributed by atoms with Crippen LogP contribution in [0.25, 0.3) is 10.6 Å². The lowest BCUT2D eigenvalue weighted by Crippen LogP contribution is -2.25. The maximum atomic E-state index is 12.0. The zero-order valence-electron chi connectivity index (χ0n) is 14.3. The summed E-state index contributed by atoms with van der Waals surface area (Å²) in [6, 6.07) is 5.70. The first-order valence-electron chi connectivity index (χ1n) is 8.07. The van der Waals surface area contributed by atoms with Gasteiger partial charge >= 0.3 is 5.97 Å². The summed E-state index contributed by atoms with van der Waals surface area (Å²) in [5.41, 5.74) is 3.15. The maximum Gasteiger partial charge on any atom is 0.337 e. The van der Waals surface area contributed by atoms with Gasteiger partial charge in [0.1, 0.15) is 0 Å². The summed E-state index contributed by atoms with van der Waals surface area (Å²) in [6.07, 6.45) is 2.84. The van der Waals surface area contributed by atoms with Gasteiger partial charge in [-0.25, -0.2) is 9.80 Å². The van der Waals surface area contributed by atoms with Gasteiger partial charge in [0, 0.05) is 11.9 Å². The summed E-state index contributed by atoms with van der Waals surface area (Å²) >= 11 is 1.58. The van der Waals surface area contributed by atoms with Crippen molar-refractivity contribution in [2.24, 2.45) is 11.3 Å². The predicted octanol–water partition coefficient (Wildman–Crippen LogP) is 3.33. The average Bonchev–Trinajstić information content (AvgIpc) is 2.84. The van der Waals surface area contributed by atoms with Crippen molar-refractivity contribution >= 4 is 17.3 Å². The lowest BCUT2D eigenvalue weighted by molar-refractivity contribution is 0.0696. The average molecular weight is 345 g/mol. The number of aromatic carboxylic acids is 1. The van der Waals surface area contributed by atoms with Gasteiger partial charge in [-0.2, -0.15) is 0 Å². The molecule has 128 valence electrons. The molecule has 0 spiro atoms. The number of hydrogen-bond donors (Lipinski definition) is 2. The van der Waals surface area contributed by atoms with Crippen molar-refractivity contribution in [1.29, 1.82) is 0 Å². The van der Waals surface area contributed by atoms with Crippen LogP contribution in [0.5, 0.6) is 0 Å². The number of hydrogen-bond acceptors (Lipinski definition) is 5. The van der Waals surface area contributed by atoms with Crippen LogP contribution in [0.4, 0.5) is 0 Å². The second kappa shape index (κ2) is 6.27. The zero-order chi connectivity index (χ0) is 17.5. The highest BCUT2D eigenvalue weighted by molar-refractivity contribution is 7.16. The molecule has 0 aliphatic heterocycles. The molecule has 3 N–H and O–H groups in total. The minimum absolute atomic E-state index is 0.146. The molecular weight excluding hydrogens is 322 g/mol. The molecule has 0 saturated heterocycles. The van der Waals surface area contributed by atoms with Crippen LogP contribution < -0.4 is 5.84 Å². The molecule has 0 radical (unpaired) electrons. The lowest BCUT2D eigenvalue weighted by Gasteiger charge is -2.29. The van der Waals surface area contributed by atoms with Crippen LogP contribution in [-0.4, -0.2) is 28.1 Å². The first kappa shape index (κ1) is 17.1. The molecule has 2 aromatic rings. The summed E-state index contributed by atoms with van der Waals surface area (Å²) in [5, 5.41) is 11.4. The number of carbonyl (C=O) groups is 1. The van der Waals surface area contributed by atoms with E-state index in [1.165, 1.54) is 4.88 Å². The van der Waals surface area contributed by atoms with Gasteiger partial charge in [-0.05, 0) is 42.4 Å². The van der Waals surface area contributed by atoms with Crippen molar-refractivity contribution in [2.75, 3.05) is 7.05 Å². The van der Waals surface area contributed by atoms with E-state index in [9.17, 15) is 9.90 Å². The van der Waals surface area contributed by atoms with E-state index in [0.717, 1.165) is 41.1 Å². The molecule has 0 aromatic carbocycles. The number of rotatable bonds is 4. The summed E-state index contributed by atoms with van der Waals surface area (Å²) in [4.78, 5) is 18.6. The van der Waals surface area contributed by atoms with Gasteiger partial charge in [-0.15, -0.1) is 11.3 Å². The van der Waals surface area contributed by atoms with Crippen molar-refractivity contribution in [3.05, 3.63) is 39.9 Å². The standard InChI is InChI=1S/C18H23N3O2S/c1-18(2)8-7-14-12(9-18)15(17(22)23)16(24-14)13-6-4-5-11(20-13)10-21(3)19/h4-6H,7-10,19H2,1-3H3,(H,22,23). The maximum absolute atomic E-state index is 12.0. The number of fused-ring (bicyclic) bond motifs is 1. The molecule has 2 heterocycles. The van der Waals surface area contributed by atoms with Gasteiger partial charge in [0.05, 0.1) is 28.4 Å². The van der Waals surface area contributed by atoms with Gasteiger partial charge in [0.25, 0.3) is 0 Å². The molecule has 1 aliphatic carbocycles. The molecule has 24 heavy (non-hydrogen) atoms. The van der Waals surface area contributed by atoms with Crippen LogP contribution in [0.1, 0.15) is 46.8 Å². The molecule has 0 amide bonds. The molecule has 0 fully saturated rings. The van der Waals surface area contributed by atoms with Crippen LogP contribution >= 0.6 is 11.3 Å². The normalized spacial score (nSPS) is 16.2. The molecule has 3 rings (SSSR count). The van der Waals surface area contributed by atoms with Crippen molar-refractivity contribution in [2.45, 2.75) is 39.7 Å². The topological polar surface area (TPSA) is 79.5 Å². The number of thiophene rings is 1. The molecular formula is C18H23N3O2S. The van der Waals surface area contributed by atoms with E-state index in [4.69, 9.17) is 5.84 Å². The Kier molecular flexibility index (Phi) is 4.46. The van der Waals surface area contributed by atoms with E-state index >= 15 is 0 Å². The van der Waals surface area contributed by atoms with Crippen molar-refractivity contribution in [3.63, 3.8) is 0 Å². The van der Waals surface area contributed by atoms with E-state index < -0.39 is 5.97 Å². The van der Waals surface area contributed by atoms with Crippen LogP contribution in [0.3, 0.4) is 0 Å². The summed E-state index contributed by atoms with van der Waals surface area (Å²) in [7, 11) is 1.78. The number of nitrogens with zero attached hydrogens (tertiary/aromatic N) is 2. The molecule has 0 saturated carbocycles. The van der Waals surface area contributed by atoms with Crippen LogP contribution in [0, 0.1) is 5.41 Å². The van der Waals surface area contributed by atoms with Gasteiger partial charge in [-0.1, -0.05) is 19.9 Å². The third-order valence-corrected chi connectivity index (χ3v) is 5.75. The highest BCUT2D eigenvalue weighted by Crippen LogP contribution is 2.44. The predicted molar refractivity (Wildman–Crippen MR) is 96.0 cm³/mol. The Balaban J connectivity index is 2.09. The zero-order valence-corrected chi connectivity index (χ0v) is 15.1. The molecule has 5 nitrogen and oxygen atoms in total. The molecule has 1 aliphatic rings. The Labute approximate surface area is 146 Å². The number of pyridine rings is 1. The van der Waals surface area contributed by atoms with E-state index in [0.29, 0.717) is 12.1 Å². The monoisotopic (exact) mass is 345 g/mol. The van der Waals surface area contributed by atoms with Crippen molar-refractivity contribution < 1.29 is 9.90 Å². The molecule has 0 unspecified atom stereocenters. The van der Waals surface area contributed by atoms with E-state index in [2.05, 4.69) is 18.8 Å². The first-order chi connectivity index (χ1) is 11.3. The second-order valence-corrected chi connectivity index (χ2v) is 8.39. The van der Waals surface area contributed by atoms with Gasteiger partial charge in [0.15, 0.2) is 0 Å². The molecule has 0 atom stereocenters. The van der Waals surface area contributed by atoms with Crippen LogP contribution in [-0.2, 0) is 19.4 Å². The third kappa shape index (κ3) is 3.36. The fraction of sp³-hybridized carbons (Fsp3) is 0.444. The quantitative estimate of drug-likeness (QED) is 0.656. The third-order valence-electron chi connectivity index (χ3n) is 4.44. The Morgan fingerprint density at radius 3 is 2.88 bits per heavy atom. The Bertz CT molecular complexity index is 781. The van der Waals surface area contributed by atoms with Gasteiger partial charge in [-0.3, -0.25) is 10.8 Å². The Hall–Kier alpha value is -1.76. The Morgan fingerprint density at radius 2 is 2.21 bits per heavy atom. The fourth-order valence-electron chi connectivity index (χ4n) is 3.28. The summed E-state index contributed by atoms with van der Waals surface area (Å²) < 4.78 is 0. The number of aromatic nitrogens is 1. The first-order valence-corrected chi connectivity index (χ1v) is 8.88. The highest BCUT2D eigenvalue weighted by Gasteiger charge is 2.33. The fourth-order valence-corrected chi connectivity index (χ4v) is 4.56. The van der Waals surface area contributed by atoms with Crippen LogP contribution in [0.15, 0.2) is 18.2 Å². The lowest BCUT2D eigenvalue weighted by atomic mass is 9.76. The minimum Gasteiger partial charge on any atom is -0.478 e. The van der Waals surface area contributed by atoms with Gasteiger partial charge in [0.2, 0.25) is 0 Å².